The highest BCUT2D eigenvalue weighted by atomic mass is 32.2. The van der Waals surface area contributed by atoms with Crippen molar-refractivity contribution in [3.05, 3.63) is 77.3 Å². The predicted octanol–water partition coefficient (Wildman–Crippen LogP) is 4.52. The number of ketones is 1. The van der Waals surface area contributed by atoms with Gasteiger partial charge >= 0.3 is 0 Å². The summed E-state index contributed by atoms with van der Waals surface area (Å²) in [6, 6.07) is 15.9. The molecule has 7 heteroatoms. The molecule has 6 nitrogen and oxygen atoms in total. The summed E-state index contributed by atoms with van der Waals surface area (Å²) in [5, 5.41) is 9.05. The van der Waals surface area contributed by atoms with Crippen molar-refractivity contribution in [3.63, 3.8) is 0 Å². The minimum atomic E-state index is 0.0879. The molecule has 0 saturated carbocycles. The molecule has 29 heavy (non-hydrogen) atoms. The average Bonchev–Trinajstić information content (AvgIpc) is 3.43. The van der Waals surface area contributed by atoms with E-state index in [1.807, 2.05) is 61.9 Å². The van der Waals surface area contributed by atoms with Crippen LogP contribution in [0.15, 0.2) is 64.4 Å². The minimum absolute atomic E-state index is 0.0879. The second kappa shape index (κ2) is 8.13. The van der Waals surface area contributed by atoms with Crippen molar-refractivity contribution in [1.82, 2.24) is 19.3 Å². The number of carbonyl (C=O) groups excluding carboxylic acids is 1. The van der Waals surface area contributed by atoms with E-state index in [2.05, 4.69) is 26.9 Å². The molecule has 0 atom stereocenters. The molecule has 0 aliphatic carbocycles. The normalized spacial score (nSPS) is 11.1. The fourth-order valence-electron chi connectivity index (χ4n) is 3.36. The van der Waals surface area contributed by atoms with Gasteiger partial charge in [0.25, 0.3) is 0 Å². The average molecular weight is 407 g/mol. The lowest BCUT2D eigenvalue weighted by atomic mass is 10.2. The number of aromatic nitrogens is 4. The molecule has 0 spiro atoms. The summed E-state index contributed by atoms with van der Waals surface area (Å²) in [4.78, 5) is 12.9. The highest BCUT2D eigenvalue weighted by Crippen LogP contribution is 2.25. The summed E-state index contributed by atoms with van der Waals surface area (Å²) in [5.41, 5.74) is 4.05. The summed E-state index contributed by atoms with van der Waals surface area (Å²) < 4.78 is 9.41. The zero-order chi connectivity index (χ0) is 20.4. The van der Waals surface area contributed by atoms with E-state index in [0.717, 1.165) is 23.5 Å². The van der Waals surface area contributed by atoms with Crippen LogP contribution in [0.2, 0.25) is 0 Å². The Bertz CT molecular complexity index is 1130. The molecule has 0 unspecified atom stereocenters. The number of hydrogen-bond acceptors (Lipinski definition) is 5. The highest BCUT2D eigenvalue weighted by Gasteiger charge is 2.19. The molecule has 148 valence electrons. The summed E-state index contributed by atoms with van der Waals surface area (Å²) in [7, 11) is 1.87. The van der Waals surface area contributed by atoms with Crippen molar-refractivity contribution in [2.24, 2.45) is 7.05 Å². The van der Waals surface area contributed by atoms with Gasteiger partial charge in [-0.3, -0.25) is 4.79 Å². The Labute approximate surface area is 173 Å². The van der Waals surface area contributed by atoms with Crippen LogP contribution in [0.4, 0.5) is 0 Å². The van der Waals surface area contributed by atoms with Crippen LogP contribution in [0.5, 0.6) is 0 Å². The third-order valence-corrected chi connectivity index (χ3v) is 5.99. The molecular formula is C22H22N4O2S. The maximum absolute atomic E-state index is 12.9. The number of rotatable bonds is 7. The molecule has 0 fully saturated rings. The van der Waals surface area contributed by atoms with Gasteiger partial charge in [0.2, 0.25) is 0 Å². The molecule has 3 aromatic heterocycles. The Morgan fingerprint density at radius 1 is 1.10 bits per heavy atom. The second-order valence-electron chi connectivity index (χ2n) is 6.91. The van der Waals surface area contributed by atoms with Crippen LogP contribution in [0.25, 0.3) is 11.6 Å². The third kappa shape index (κ3) is 3.91. The maximum atomic E-state index is 12.9. The van der Waals surface area contributed by atoms with Crippen molar-refractivity contribution in [1.29, 1.82) is 0 Å². The molecule has 0 saturated heterocycles. The van der Waals surface area contributed by atoms with Crippen LogP contribution in [-0.4, -0.2) is 30.9 Å². The predicted molar refractivity (Wildman–Crippen MR) is 113 cm³/mol. The topological polar surface area (TPSA) is 65.8 Å². The van der Waals surface area contributed by atoms with Gasteiger partial charge in [0.15, 0.2) is 22.5 Å². The second-order valence-corrected chi connectivity index (χ2v) is 7.85. The fourth-order valence-corrected chi connectivity index (χ4v) is 4.16. The highest BCUT2D eigenvalue weighted by molar-refractivity contribution is 7.99. The molecule has 3 heterocycles. The largest absolute Gasteiger partial charge is 0.461 e. The Hall–Kier alpha value is -3.06. The first kappa shape index (κ1) is 19.3. The zero-order valence-corrected chi connectivity index (χ0v) is 17.4. The Morgan fingerprint density at radius 3 is 2.62 bits per heavy atom. The smallest absolute Gasteiger partial charge is 0.200 e. The molecule has 0 amide bonds. The summed E-state index contributed by atoms with van der Waals surface area (Å²) in [6.07, 6.45) is 1.60. The molecule has 0 bridgehead atoms. The van der Waals surface area contributed by atoms with E-state index >= 15 is 0 Å². The molecule has 1 aromatic carbocycles. The van der Waals surface area contributed by atoms with E-state index < -0.39 is 0 Å². The van der Waals surface area contributed by atoms with Crippen LogP contribution in [0, 0.1) is 13.8 Å². The number of Topliss-reactive ketones (excluding diaryl/α,β-unsaturated/α-hetero) is 1. The third-order valence-electron chi connectivity index (χ3n) is 4.97. The van der Waals surface area contributed by atoms with Gasteiger partial charge in [0.1, 0.15) is 0 Å². The fraction of sp³-hybridized carbons (Fsp3) is 0.227. The Balaban J connectivity index is 1.48. The molecule has 0 aliphatic rings. The van der Waals surface area contributed by atoms with Crippen molar-refractivity contribution in [2.75, 3.05) is 5.75 Å². The van der Waals surface area contributed by atoms with Crippen LogP contribution in [-0.2, 0) is 13.6 Å². The number of nitrogens with zero attached hydrogens (tertiary/aromatic N) is 4. The summed E-state index contributed by atoms with van der Waals surface area (Å²) in [5.74, 6) is 1.69. The number of hydrogen-bond donors (Lipinski definition) is 0. The lowest BCUT2D eigenvalue weighted by Gasteiger charge is -2.10. The number of benzene rings is 1. The summed E-state index contributed by atoms with van der Waals surface area (Å²) >= 11 is 1.38. The van der Waals surface area contributed by atoms with Crippen LogP contribution < -0.4 is 0 Å². The molecule has 4 rings (SSSR count). The molecule has 0 radical (unpaired) electrons. The van der Waals surface area contributed by atoms with E-state index in [0.29, 0.717) is 22.5 Å². The van der Waals surface area contributed by atoms with Crippen LogP contribution in [0.3, 0.4) is 0 Å². The molecule has 4 aromatic rings. The summed E-state index contributed by atoms with van der Waals surface area (Å²) in [6.45, 7) is 4.80. The number of furan rings is 1. The molecule has 0 aliphatic heterocycles. The maximum Gasteiger partial charge on any atom is 0.200 e. The van der Waals surface area contributed by atoms with Crippen LogP contribution >= 0.6 is 11.8 Å². The first-order valence-electron chi connectivity index (χ1n) is 9.34. The first-order chi connectivity index (χ1) is 14.0. The lowest BCUT2D eigenvalue weighted by molar-refractivity contribution is 0.102. The van der Waals surface area contributed by atoms with Gasteiger partial charge in [-0.15, -0.1) is 10.2 Å². The van der Waals surface area contributed by atoms with Gasteiger partial charge < -0.3 is 13.6 Å². The number of carbonyl (C=O) groups is 1. The zero-order valence-electron chi connectivity index (χ0n) is 16.6. The number of thioether (sulfide) groups is 1. The molecular weight excluding hydrogens is 384 g/mol. The van der Waals surface area contributed by atoms with Gasteiger partial charge in [-0.1, -0.05) is 42.1 Å². The van der Waals surface area contributed by atoms with Gasteiger partial charge in [-0.25, -0.2) is 0 Å². The van der Waals surface area contributed by atoms with E-state index in [-0.39, 0.29) is 5.78 Å². The van der Waals surface area contributed by atoms with E-state index in [1.54, 1.807) is 6.26 Å². The van der Waals surface area contributed by atoms with Crippen molar-refractivity contribution < 1.29 is 9.21 Å². The van der Waals surface area contributed by atoms with Gasteiger partial charge in [0, 0.05) is 30.5 Å². The standard InChI is InChI=1S/C22H22N4O2S/c1-15-12-18(16(2)26(15)13-17-8-5-4-6-9-17)19(27)14-29-22-24-23-21(25(22)3)20-10-7-11-28-20/h4-12H,13-14H2,1-3H3. The minimum Gasteiger partial charge on any atom is -0.461 e. The Kier molecular flexibility index (Phi) is 5.40. The SMILES string of the molecule is Cc1cc(C(=O)CSc2nnc(-c3ccco3)n2C)c(C)n1Cc1ccccc1. The van der Waals surface area contributed by atoms with Gasteiger partial charge in [-0.2, -0.15) is 0 Å². The van der Waals surface area contributed by atoms with Crippen molar-refractivity contribution >= 4 is 17.5 Å². The van der Waals surface area contributed by atoms with Crippen molar-refractivity contribution in [3.8, 4) is 11.6 Å². The first-order valence-corrected chi connectivity index (χ1v) is 10.3. The van der Waals surface area contributed by atoms with Gasteiger partial charge in [0.05, 0.1) is 12.0 Å². The van der Waals surface area contributed by atoms with E-state index in [4.69, 9.17) is 4.42 Å². The van der Waals surface area contributed by atoms with Crippen molar-refractivity contribution in [2.45, 2.75) is 25.5 Å². The van der Waals surface area contributed by atoms with E-state index in [1.165, 1.54) is 17.3 Å². The quantitative estimate of drug-likeness (QED) is 0.334. The Morgan fingerprint density at radius 2 is 1.90 bits per heavy atom. The van der Waals surface area contributed by atoms with Gasteiger partial charge in [-0.05, 0) is 37.6 Å². The monoisotopic (exact) mass is 406 g/mol. The van der Waals surface area contributed by atoms with Crippen LogP contribution in [0.1, 0.15) is 27.3 Å². The number of aryl methyl sites for hydroxylation is 1. The van der Waals surface area contributed by atoms with E-state index in [9.17, 15) is 4.79 Å². The lowest BCUT2D eigenvalue weighted by Crippen LogP contribution is -2.08. The molecule has 0 N–H and O–H groups in total.